The molecule has 136 valence electrons. The fourth-order valence-corrected chi connectivity index (χ4v) is 3.86. The molecule has 0 bridgehead atoms. The lowest BCUT2D eigenvalue weighted by Crippen LogP contribution is -2.47. The van der Waals surface area contributed by atoms with E-state index in [1.54, 1.807) is 4.90 Å². The normalized spacial score (nSPS) is 21.0. The van der Waals surface area contributed by atoms with Gasteiger partial charge < -0.3 is 9.64 Å². The van der Waals surface area contributed by atoms with Gasteiger partial charge in [-0.15, -0.1) is 0 Å². The Kier molecular flexibility index (Phi) is 4.86. The van der Waals surface area contributed by atoms with Crippen molar-refractivity contribution >= 4 is 17.7 Å². The summed E-state index contributed by atoms with van der Waals surface area (Å²) in [5.41, 5.74) is 1.30. The van der Waals surface area contributed by atoms with E-state index in [4.69, 9.17) is 16.3 Å². The summed E-state index contributed by atoms with van der Waals surface area (Å²) in [5, 5.41) is 0.772. The molecule has 0 unspecified atom stereocenters. The van der Waals surface area contributed by atoms with Crippen LogP contribution in [0.3, 0.4) is 0 Å². The van der Waals surface area contributed by atoms with Crippen molar-refractivity contribution in [1.29, 1.82) is 0 Å². The second-order valence-corrected chi connectivity index (χ2v) is 8.47. The Morgan fingerprint density at radius 2 is 1.80 bits per heavy atom. The van der Waals surface area contributed by atoms with E-state index in [1.807, 2.05) is 32.9 Å². The van der Waals surface area contributed by atoms with Crippen molar-refractivity contribution in [2.24, 2.45) is 0 Å². The number of piperidine rings is 1. The Hall–Kier alpha value is -1.52. The lowest BCUT2D eigenvalue weighted by Gasteiger charge is -2.39. The molecule has 1 aromatic rings. The highest BCUT2D eigenvalue weighted by Crippen LogP contribution is 2.43. The zero-order valence-electron chi connectivity index (χ0n) is 15.3. The molecule has 0 saturated carbocycles. The fourth-order valence-electron chi connectivity index (χ4n) is 3.73. The average molecular weight is 363 g/mol. The molecule has 2 heterocycles. The van der Waals surface area contributed by atoms with E-state index in [-0.39, 0.29) is 11.6 Å². The van der Waals surface area contributed by atoms with Crippen LogP contribution in [0, 0.1) is 0 Å². The molecule has 3 rings (SSSR count). The molecule has 0 N–H and O–H groups in total. The number of ether oxygens (including phenoxy) is 1. The number of hydrogen-bond acceptors (Lipinski definition) is 3. The zero-order chi connectivity index (χ0) is 18.2. The summed E-state index contributed by atoms with van der Waals surface area (Å²) in [6.07, 6.45) is 2.36. The van der Waals surface area contributed by atoms with Crippen LogP contribution in [-0.4, -0.2) is 46.7 Å². The summed E-state index contributed by atoms with van der Waals surface area (Å²) in [7, 11) is 0. The molecule has 0 radical (unpaired) electrons. The van der Waals surface area contributed by atoms with Gasteiger partial charge in [-0.2, -0.15) is 0 Å². The zero-order valence-corrected chi connectivity index (χ0v) is 16.1. The summed E-state index contributed by atoms with van der Waals surface area (Å²) in [6.45, 7) is 13.1. The number of likely N-dealkylation sites (tertiary alicyclic amines) is 1. The SMILES string of the molecule is C=C1N(C(C)(C)C)C(=O)OC12CCN(CCc1ccc(Cl)cc1)CC2. The number of halogens is 1. The van der Waals surface area contributed by atoms with Crippen molar-refractivity contribution in [3.05, 3.63) is 47.1 Å². The number of amides is 1. The Morgan fingerprint density at radius 1 is 1.20 bits per heavy atom. The van der Waals surface area contributed by atoms with Gasteiger partial charge in [0.1, 0.15) is 0 Å². The molecule has 2 saturated heterocycles. The van der Waals surface area contributed by atoms with Crippen LogP contribution in [0.15, 0.2) is 36.5 Å². The summed E-state index contributed by atoms with van der Waals surface area (Å²) in [6, 6.07) is 8.03. The molecule has 2 fully saturated rings. The summed E-state index contributed by atoms with van der Waals surface area (Å²) in [5.74, 6) is 0. The van der Waals surface area contributed by atoms with Gasteiger partial charge >= 0.3 is 6.09 Å². The van der Waals surface area contributed by atoms with E-state index in [1.165, 1.54) is 5.56 Å². The molecule has 0 atom stereocenters. The van der Waals surface area contributed by atoms with Crippen LogP contribution in [0.2, 0.25) is 5.02 Å². The minimum atomic E-state index is -0.513. The third-order valence-corrected chi connectivity index (χ3v) is 5.48. The van der Waals surface area contributed by atoms with E-state index in [9.17, 15) is 4.79 Å². The first-order valence-corrected chi connectivity index (χ1v) is 9.28. The molecule has 2 aliphatic heterocycles. The van der Waals surface area contributed by atoms with Crippen LogP contribution >= 0.6 is 11.6 Å². The molecular weight excluding hydrogens is 336 g/mol. The number of carbonyl (C=O) groups is 1. The smallest absolute Gasteiger partial charge is 0.415 e. The number of rotatable bonds is 3. The number of benzene rings is 1. The lowest BCUT2D eigenvalue weighted by atomic mass is 9.87. The van der Waals surface area contributed by atoms with Gasteiger partial charge in [0, 0.05) is 43.0 Å². The van der Waals surface area contributed by atoms with Crippen LogP contribution in [0.1, 0.15) is 39.2 Å². The van der Waals surface area contributed by atoms with Gasteiger partial charge in [0.15, 0.2) is 5.60 Å². The summed E-state index contributed by atoms with van der Waals surface area (Å²) in [4.78, 5) is 16.5. The number of nitrogens with zero attached hydrogens (tertiary/aromatic N) is 2. The highest BCUT2D eigenvalue weighted by Gasteiger charge is 2.53. The van der Waals surface area contributed by atoms with Gasteiger partial charge in [0.2, 0.25) is 0 Å². The van der Waals surface area contributed by atoms with Gasteiger partial charge in [-0.05, 0) is 44.9 Å². The number of carbonyl (C=O) groups excluding carboxylic acids is 1. The third-order valence-electron chi connectivity index (χ3n) is 5.23. The van der Waals surface area contributed by atoms with Crippen molar-refractivity contribution in [2.45, 2.75) is 51.2 Å². The minimum Gasteiger partial charge on any atom is -0.436 e. The van der Waals surface area contributed by atoms with E-state index < -0.39 is 5.60 Å². The van der Waals surface area contributed by atoms with Crippen molar-refractivity contribution in [3.63, 3.8) is 0 Å². The Labute approximate surface area is 155 Å². The maximum absolute atomic E-state index is 12.3. The van der Waals surface area contributed by atoms with Crippen molar-refractivity contribution in [3.8, 4) is 0 Å². The van der Waals surface area contributed by atoms with Crippen molar-refractivity contribution in [2.75, 3.05) is 19.6 Å². The molecule has 5 heteroatoms. The van der Waals surface area contributed by atoms with E-state index >= 15 is 0 Å². The van der Waals surface area contributed by atoms with Crippen LogP contribution in [-0.2, 0) is 11.2 Å². The van der Waals surface area contributed by atoms with Gasteiger partial charge in [-0.1, -0.05) is 30.3 Å². The highest BCUT2D eigenvalue weighted by atomic mass is 35.5. The number of hydrogen-bond donors (Lipinski definition) is 0. The molecule has 0 aromatic heterocycles. The predicted molar refractivity (Wildman–Crippen MR) is 101 cm³/mol. The first kappa shape index (κ1) is 18.3. The van der Waals surface area contributed by atoms with Crippen molar-refractivity contribution in [1.82, 2.24) is 9.80 Å². The van der Waals surface area contributed by atoms with Crippen LogP contribution in [0.25, 0.3) is 0 Å². The summed E-state index contributed by atoms with van der Waals surface area (Å²) < 4.78 is 5.81. The first-order chi connectivity index (χ1) is 11.7. The maximum Gasteiger partial charge on any atom is 0.415 e. The Bertz CT molecular complexity index is 655. The second kappa shape index (κ2) is 6.65. The third kappa shape index (κ3) is 3.70. The second-order valence-electron chi connectivity index (χ2n) is 8.03. The van der Waals surface area contributed by atoms with E-state index in [0.29, 0.717) is 0 Å². The summed E-state index contributed by atoms with van der Waals surface area (Å²) >= 11 is 5.93. The van der Waals surface area contributed by atoms with Gasteiger partial charge in [0.05, 0.1) is 5.70 Å². The van der Waals surface area contributed by atoms with Crippen molar-refractivity contribution < 1.29 is 9.53 Å². The monoisotopic (exact) mass is 362 g/mol. The maximum atomic E-state index is 12.3. The van der Waals surface area contributed by atoms with E-state index in [2.05, 4.69) is 23.6 Å². The van der Waals surface area contributed by atoms with E-state index in [0.717, 1.165) is 49.6 Å². The molecule has 1 spiro atoms. The standard InChI is InChI=1S/C20H27ClN2O2/c1-15-20(25-18(24)23(15)19(2,3)4)10-13-22(14-11-20)12-9-16-5-7-17(21)8-6-16/h5-8H,1,9-14H2,2-4H3. The minimum absolute atomic E-state index is 0.257. The molecule has 2 aliphatic rings. The molecular formula is C20H27ClN2O2. The Balaban J connectivity index is 1.57. The quantitative estimate of drug-likeness (QED) is 0.794. The van der Waals surface area contributed by atoms with Gasteiger partial charge in [0.25, 0.3) is 0 Å². The molecule has 25 heavy (non-hydrogen) atoms. The van der Waals surface area contributed by atoms with Crippen LogP contribution in [0.4, 0.5) is 4.79 Å². The molecule has 1 aromatic carbocycles. The highest BCUT2D eigenvalue weighted by molar-refractivity contribution is 6.30. The largest absolute Gasteiger partial charge is 0.436 e. The molecule has 0 aliphatic carbocycles. The molecule has 4 nitrogen and oxygen atoms in total. The van der Waals surface area contributed by atoms with Crippen LogP contribution in [0.5, 0.6) is 0 Å². The average Bonchev–Trinajstić information content (AvgIpc) is 2.78. The fraction of sp³-hybridized carbons (Fsp3) is 0.550. The van der Waals surface area contributed by atoms with Crippen LogP contribution < -0.4 is 0 Å². The van der Waals surface area contributed by atoms with Gasteiger partial charge in [-0.25, -0.2) is 4.79 Å². The molecule has 1 amide bonds. The Morgan fingerprint density at radius 3 is 2.32 bits per heavy atom. The predicted octanol–water partition coefficient (Wildman–Crippen LogP) is 4.48. The van der Waals surface area contributed by atoms with Gasteiger partial charge in [-0.3, -0.25) is 4.90 Å². The topological polar surface area (TPSA) is 32.8 Å². The lowest BCUT2D eigenvalue weighted by molar-refractivity contribution is 0.0148. The first-order valence-electron chi connectivity index (χ1n) is 8.91.